The Morgan fingerprint density at radius 1 is 1.32 bits per heavy atom. The van der Waals surface area contributed by atoms with Crippen molar-refractivity contribution in [2.75, 3.05) is 11.6 Å². The van der Waals surface area contributed by atoms with Crippen LogP contribution in [0, 0.1) is 0 Å². The fraction of sp³-hybridized carbons (Fsp3) is 0.625. The van der Waals surface area contributed by atoms with Crippen LogP contribution in [0.4, 0.5) is 0 Å². The zero-order valence-corrected chi connectivity index (χ0v) is 14.5. The summed E-state index contributed by atoms with van der Waals surface area (Å²) in [5, 5.41) is 2.98. The maximum Gasteiger partial charge on any atom is 0.244 e. The van der Waals surface area contributed by atoms with Crippen LogP contribution in [0.2, 0.25) is 0 Å². The van der Waals surface area contributed by atoms with Gasteiger partial charge in [0.15, 0.2) is 0 Å². The maximum absolute atomic E-state index is 12.6. The molecule has 1 fully saturated rings. The highest BCUT2D eigenvalue weighted by atomic mass is 32.2. The topological polar surface area (TPSA) is 54.3 Å². The number of carbonyl (C=O) groups excluding carboxylic acids is 2. The van der Waals surface area contributed by atoms with E-state index >= 15 is 0 Å². The third kappa shape index (κ3) is 4.29. The summed E-state index contributed by atoms with van der Waals surface area (Å²) < 4.78 is 2.02. The summed E-state index contributed by atoms with van der Waals surface area (Å²) in [5.41, 5.74) is -0.280. The molecule has 0 radical (unpaired) electrons. The quantitative estimate of drug-likeness (QED) is 0.925. The van der Waals surface area contributed by atoms with E-state index in [0.717, 1.165) is 0 Å². The van der Waals surface area contributed by atoms with Crippen molar-refractivity contribution in [3.8, 4) is 0 Å². The van der Waals surface area contributed by atoms with Crippen molar-refractivity contribution >= 4 is 23.6 Å². The van der Waals surface area contributed by atoms with E-state index in [1.807, 2.05) is 56.8 Å². The van der Waals surface area contributed by atoms with Crippen molar-refractivity contribution in [1.82, 2.24) is 14.8 Å². The molecule has 1 aliphatic rings. The maximum atomic E-state index is 12.6. The highest BCUT2D eigenvalue weighted by molar-refractivity contribution is 7.99. The number of carbonyl (C=O) groups is 2. The minimum Gasteiger partial charge on any atom is -0.351 e. The molecule has 1 aromatic heterocycles. The molecule has 2 unspecified atom stereocenters. The lowest BCUT2D eigenvalue weighted by atomic mass is 10.1. The van der Waals surface area contributed by atoms with Crippen LogP contribution in [0.1, 0.15) is 40.2 Å². The molecule has 6 heteroatoms. The number of hydrogen-bond acceptors (Lipinski definition) is 3. The molecule has 0 aromatic carbocycles. The van der Waals surface area contributed by atoms with Gasteiger partial charge in [-0.05, 0) is 39.8 Å². The number of nitrogens with zero attached hydrogens (tertiary/aromatic N) is 2. The van der Waals surface area contributed by atoms with E-state index in [0.29, 0.717) is 18.1 Å². The zero-order chi connectivity index (χ0) is 16.3. The predicted octanol–water partition coefficient (Wildman–Crippen LogP) is 2.26. The Hall–Kier alpha value is -1.43. The van der Waals surface area contributed by atoms with Crippen molar-refractivity contribution in [2.24, 2.45) is 0 Å². The van der Waals surface area contributed by atoms with E-state index in [1.165, 1.54) is 0 Å². The minimum atomic E-state index is -0.353. The molecule has 0 saturated carbocycles. The number of thioether (sulfide) groups is 1. The van der Waals surface area contributed by atoms with Crippen LogP contribution in [0.3, 0.4) is 0 Å². The highest BCUT2D eigenvalue weighted by Crippen LogP contribution is 2.24. The molecule has 1 saturated heterocycles. The van der Waals surface area contributed by atoms with Gasteiger partial charge in [0.05, 0.1) is 5.88 Å². The number of aromatic nitrogens is 1. The van der Waals surface area contributed by atoms with Crippen molar-refractivity contribution in [3.63, 3.8) is 0 Å². The second-order valence-electron chi connectivity index (χ2n) is 6.80. The number of hydrogen-bond donors (Lipinski definition) is 1. The van der Waals surface area contributed by atoms with Crippen LogP contribution in [-0.2, 0) is 9.59 Å². The fourth-order valence-electron chi connectivity index (χ4n) is 2.48. The van der Waals surface area contributed by atoms with Crippen molar-refractivity contribution in [2.45, 2.75) is 51.7 Å². The second kappa shape index (κ2) is 6.77. The third-order valence-corrected chi connectivity index (χ3v) is 4.62. The van der Waals surface area contributed by atoms with Crippen LogP contribution < -0.4 is 5.32 Å². The highest BCUT2D eigenvalue weighted by Gasteiger charge is 2.36. The molecule has 0 bridgehead atoms. The molecule has 1 N–H and O–H groups in total. The molecular formula is C16H25N3O2S. The van der Waals surface area contributed by atoms with Crippen LogP contribution in [0.5, 0.6) is 0 Å². The molecule has 0 aliphatic carbocycles. The fourth-order valence-corrected chi connectivity index (χ4v) is 3.66. The lowest BCUT2D eigenvalue weighted by molar-refractivity contribution is -0.139. The number of nitrogens with one attached hydrogen (secondary N) is 1. The van der Waals surface area contributed by atoms with Crippen LogP contribution >= 0.6 is 11.8 Å². The molecule has 122 valence electrons. The summed E-state index contributed by atoms with van der Waals surface area (Å²) >= 11 is 1.63. The van der Waals surface area contributed by atoms with Gasteiger partial charge in [-0.15, -0.1) is 11.8 Å². The van der Waals surface area contributed by atoms with E-state index in [9.17, 15) is 9.59 Å². The van der Waals surface area contributed by atoms with Crippen molar-refractivity contribution in [1.29, 1.82) is 0 Å². The average molecular weight is 323 g/mol. The van der Waals surface area contributed by atoms with E-state index in [-0.39, 0.29) is 29.4 Å². The molecule has 0 spiro atoms. The second-order valence-corrected chi connectivity index (χ2v) is 7.80. The molecular weight excluding hydrogens is 298 g/mol. The summed E-state index contributed by atoms with van der Waals surface area (Å²) in [6.45, 7) is 7.87. The SMILES string of the molecule is CC(CC(=O)N1CSCC1C(=O)NC(C)(C)C)n1cccc1. The summed E-state index contributed by atoms with van der Waals surface area (Å²) in [6.07, 6.45) is 4.33. The van der Waals surface area contributed by atoms with E-state index in [4.69, 9.17) is 0 Å². The first-order valence-corrected chi connectivity index (χ1v) is 8.75. The van der Waals surface area contributed by atoms with Gasteiger partial charge in [-0.1, -0.05) is 0 Å². The number of amides is 2. The lowest BCUT2D eigenvalue weighted by Crippen LogP contribution is -2.52. The van der Waals surface area contributed by atoms with Gasteiger partial charge in [-0.3, -0.25) is 9.59 Å². The van der Waals surface area contributed by atoms with E-state index < -0.39 is 0 Å². The van der Waals surface area contributed by atoms with Gasteiger partial charge in [0.1, 0.15) is 6.04 Å². The van der Waals surface area contributed by atoms with Gasteiger partial charge in [-0.25, -0.2) is 0 Å². The Labute approximate surface area is 136 Å². The summed E-state index contributed by atoms with van der Waals surface area (Å²) in [7, 11) is 0. The molecule has 1 aliphatic heterocycles. The molecule has 2 heterocycles. The lowest BCUT2D eigenvalue weighted by Gasteiger charge is -2.28. The Balaban J connectivity index is 1.97. The number of rotatable bonds is 4. The smallest absolute Gasteiger partial charge is 0.244 e. The van der Waals surface area contributed by atoms with Gasteiger partial charge in [-0.2, -0.15) is 0 Å². The van der Waals surface area contributed by atoms with Gasteiger partial charge in [0, 0.05) is 36.1 Å². The molecule has 5 nitrogen and oxygen atoms in total. The van der Waals surface area contributed by atoms with Crippen molar-refractivity contribution < 1.29 is 9.59 Å². The summed E-state index contributed by atoms with van der Waals surface area (Å²) in [6, 6.07) is 3.64. The van der Waals surface area contributed by atoms with Gasteiger partial charge in [0.25, 0.3) is 0 Å². The monoisotopic (exact) mass is 323 g/mol. The Morgan fingerprint density at radius 2 is 1.95 bits per heavy atom. The van der Waals surface area contributed by atoms with Crippen LogP contribution in [-0.4, -0.2) is 44.5 Å². The standard InChI is InChI=1S/C16H25N3O2S/c1-12(18-7-5-6-8-18)9-14(20)19-11-22-10-13(19)15(21)17-16(2,3)4/h5-8,12-13H,9-11H2,1-4H3,(H,17,21). The van der Waals surface area contributed by atoms with E-state index in [2.05, 4.69) is 5.32 Å². The molecule has 1 aromatic rings. The Morgan fingerprint density at radius 3 is 2.55 bits per heavy atom. The van der Waals surface area contributed by atoms with Crippen molar-refractivity contribution in [3.05, 3.63) is 24.5 Å². The van der Waals surface area contributed by atoms with Gasteiger partial charge in [0.2, 0.25) is 11.8 Å². The molecule has 22 heavy (non-hydrogen) atoms. The zero-order valence-electron chi connectivity index (χ0n) is 13.7. The molecule has 2 atom stereocenters. The summed E-state index contributed by atoms with van der Waals surface area (Å²) in [4.78, 5) is 26.6. The summed E-state index contributed by atoms with van der Waals surface area (Å²) in [5.74, 6) is 1.25. The first-order chi connectivity index (χ1) is 10.3. The average Bonchev–Trinajstić information content (AvgIpc) is 3.08. The largest absolute Gasteiger partial charge is 0.351 e. The third-order valence-electron chi connectivity index (χ3n) is 3.61. The van der Waals surface area contributed by atoms with Crippen LogP contribution in [0.15, 0.2) is 24.5 Å². The van der Waals surface area contributed by atoms with Crippen LogP contribution in [0.25, 0.3) is 0 Å². The Bertz CT molecular complexity index is 522. The molecule has 2 rings (SSSR count). The Kier molecular flexibility index (Phi) is 5.21. The first-order valence-electron chi connectivity index (χ1n) is 7.59. The normalized spacial score (nSPS) is 20.0. The van der Waals surface area contributed by atoms with Gasteiger partial charge < -0.3 is 14.8 Å². The minimum absolute atomic E-state index is 0.0419. The van der Waals surface area contributed by atoms with Gasteiger partial charge >= 0.3 is 0 Å². The molecule has 2 amide bonds. The van der Waals surface area contributed by atoms with E-state index in [1.54, 1.807) is 16.7 Å². The predicted molar refractivity (Wildman–Crippen MR) is 89.6 cm³/mol. The first kappa shape index (κ1) is 16.9.